The Hall–Kier alpha value is -1.39. The number of nitrogens with one attached hydrogen (secondary N) is 2. The Kier molecular flexibility index (Phi) is 12.0. The molecule has 1 aromatic carbocycles. The second-order valence-corrected chi connectivity index (χ2v) is 8.46. The Balaban J connectivity index is 2.73. The van der Waals surface area contributed by atoms with Crippen molar-refractivity contribution >= 4 is 5.91 Å². The molecule has 0 spiro atoms. The van der Waals surface area contributed by atoms with E-state index >= 15 is 0 Å². The summed E-state index contributed by atoms with van der Waals surface area (Å²) in [5, 5.41) is 0. The largest absolute Gasteiger partial charge is 0.342 e. The van der Waals surface area contributed by atoms with Gasteiger partial charge in [-0.1, -0.05) is 50.1 Å². The lowest BCUT2D eigenvalue weighted by molar-refractivity contribution is -0.858. The normalized spacial score (nSPS) is 12.6. The van der Waals surface area contributed by atoms with Crippen LogP contribution in [0.3, 0.4) is 0 Å². The molecule has 0 aromatic heterocycles. The number of hydrogen-bond donors (Lipinski definition) is 2. The highest BCUT2D eigenvalue weighted by molar-refractivity contribution is 5.77. The van der Waals surface area contributed by atoms with Crippen LogP contribution in [0, 0.1) is 0 Å². The molecule has 1 rings (SSSR count). The van der Waals surface area contributed by atoms with Crippen LogP contribution in [0.1, 0.15) is 56.9 Å². The van der Waals surface area contributed by atoms with Crippen LogP contribution in [0.4, 0.5) is 0 Å². The molecule has 1 atom stereocenters. The number of carbonyl (C=O) groups excluding carboxylic acids is 1. The molecule has 0 aliphatic rings. The standard InChI is InChI=1S/C23H41N3O/c1-6-7-13-22(21-14-9-8-10-15-21)20-23(27)26(18-11-16-24(2)3)19-12-17-25(4)5/h8-10,14-15,22H,6-7,11-13,16-20H2,1-5H3/p+2. The molecule has 0 aliphatic carbocycles. The van der Waals surface area contributed by atoms with Gasteiger partial charge in [-0.25, -0.2) is 0 Å². The van der Waals surface area contributed by atoms with Gasteiger partial charge in [-0.2, -0.15) is 0 Å². The topological polar surface area (TPSA) is 29.2 Å². The lowest BCUT2D eigenvalue weighted by Crippen LogP contribution is -3.05. The fourth-order valence-corrected chi connectivity index (χ4v) is 3.51. The molecule has 1 unspecified atom stereocenters. The smallest absolute Gasteiger partial charge is 0.223 e. The summed E-state index contributed by atoms with van der Waals surface area (Å²) in [7, 11) is 8.71. The molecule has 0 bridgehead atoms. The van der Waals surface area contributed by atoms with E-state index in [1.165, 1.54) is 28.2 Å². The van der Waals surface area contributed by atoms with E-state index in [2.05, 4.69) is 70.3 Å². The zero-order chi connectivity index (χ0) is 20.1. The molecule has 1 amide bonds. The highest BCUT2D eigenvalue weighted by atomic mass is 16.2. The van der Waals surface area contributed by atoms with Crippen molar-refractivity contribution in [3.8, 4) is 0 Å². The van der Waals surface area contributed by atoms with E-state index in [-0.39, 0.29) is 0 Å². The first-order valence-corrected chi connectivity index (χ1v) is 10.8. The molecule has 4 heteroatoms. The molecule has 0 radical (unpaired) electrons. The fourth-order valence-electron chi connectivity index (χ4n) is 3.51. The summed E-state index contributed by atoms with van der Waals surface area (Å²) >= 11 is 0. The number of carbonyl (C=O) groups is 1. The van der Waals surface area contributed by atoms with Crippen molar-refractivity contribution in [2.24, 2.45) is 0 Å². The highest BCUT2D eigenvalue weighted by Crippen LogP contribution is 2.26. The maximum Gasteiger partial charge on any atom is 0.223 e. The Bertz CT molecular complexity index is 488. The molecule has 0 saturated carbocycles. The maximum absolute atomic E-state index is 13.2. The minimum absolute atomic E-state index is 0.336. The van der Waals surface area contributed by atoms with E-state index < -0.39 is 0 Å². The number of rotatable bonds is 14. The molecule has 1 aromatic rings. The number of quaternary nitrogens is 2. The number of hydrogen-bond acceptors (Lipinski definition) is 1. The van der Waals surface area contributed by atoms with Crippen LogP contribution in [0.15, 0.2) is 30.3 Å². The van der Waals surface area contributed by atoms with Crippen molar-refractivity contribution in [1.82, 2.24) is 4.90 Å². The number of benzene rings is 1. The summed E-state index contributed by atoms with van der Waals surface area (Å²) in [6.07, 6.45) is 6.26. The van der Waals surface area contributed by atoms with Crippen LogP contribution in [0.2, 0.25) is 0 Å². The first-order valence-electron chi connectivity index (χ1n) is 10.8. The quantitative estimate of drug-likeness (QED) is 0.502. The zero-order valence-electron chi connectivity index (χ0n) is 18.4. The van der Waals surface area contributed by atoms with Crippen LogP contribution < -0.4 is 9.80 Å². The first-order chi connectivity index (χ1) is 12.9. The summed E-state index contributed by atoms with van der Waals surface area (Å²) in [6.45, 7) is 6.23. The van der Waals surface area contributed by atoms with Gasteiger partial charge in [-0.3, -0.25) is 4.79 Å². The van der Waals surface area contributed by atoms with E-state index in [9.17, 15) is 4.79 Å². The van der Waals surface area contributed by atoms with E-state index in [4.69, 9.17) is 0 Å². The molecule has 154 valence electrons. The predicted molar refractivity (Wildman–Crippen MR) is 114 cm³/mol. The van der Waals surface area contributed by atoms with Crippen molar-refractivity contribution < 1.29 is 14.6 Å². The van der Waals surface area contributed by atoms with Gasteiger partial charge in [0.25, 0.3) is 0 Å². The SMILES string of the molecule is CCCCC(CC(=O)N(CCC[NH+](C)C)CCC[NH+](C)C)c1ccccc1. The van der Waals surface area contributed by atoms with Crippen LogP contribution in [-0.2, 0) is 4.79 Å². The van der Waals surface area contributed by atoms with Gasteiger partial charge in [0, 0.05) is 32.4 Å². The van der Waals surface area contributed by atoms with Gasteiger partial charge in [0.15, 0.2) is 0 Å². The van der Waals surface area contributed by atoms with Crippen LogP contribution in [0.25, 0.3) is 0 Å². The third-order valence-corrected chi connectivity index (χ3v) is 5.16. The van der Waals surface area contributed by atoms with E-state index in [0.717, 1.165) is 45.4 Å². The fraction of sp³-hybridized carbons (Fsp3) is 0.696. The monoisotopic (exact) mass is 377 g/mol. The van der Waals surface area contributed by atoms with Crippen LogP contribution >= 0.6 is 0 Å². The minimum atomic E-state index is 0.336. The highest BCUT2D eigenvalue weighted by Gasteiger charge is 2.20. The van der Waals surface area contributed by atoms with Gasteiger partial charge in [-0.15, -0.1) is 0 Å². The summed E-state index contributed by atoms with van der Waals surface area (Å²) in [4.78, 5) is 18.2. The molecule has 0 aliphatic heterocycles. The minimum Gasteiger partial charge on any atom is -0.342 e. The van der Waals surface area contributed by atoms with Crippen molar-refractivity contribution in [2.75, 3.05) is 54.4 Å². The third kappa shape index (κ3) is 10.5. The molecular weight excluding hydrogens is 334 g/mol. The zero-order valence-corrected chi connectivity index (χ0v) is 18.4. The molecule has 27 heavy (non-hydrogen) atoms. The molecule has 0 fully saturated rings. The lowest BCUT2D eigenvalue weighted by atomic mass is 9.90. The Morgan fingerprint density at radius 2 is 1.48 bits per heavy atom. The first kappa shape index (κ1) is 23.6. The van der Waals surface area contributed by atoms with Crippen molar-refractivity contribution in [2.45, 2.75) is 51.4 Å². The molecule has 2 N–H and O–H groups in total. The lowest BCUT2D eigenvalue weighted by Gasteiger charge is -2.26. The molecular formula is C23H43N3O+2. The van der Waals surface area contributed by atoms with Gasteiger partial charge >= 0.3 is 0 Å². The van der Waals surface area contributed by atoms with E-state index in [1.54, 1.807) is 0 Å². The predicted octanol–water partition coefficient (Wildman–Crippen LogP) is 1.25. The summed E-state index contributed by atoms with van der Waals surface area (Å²) in [6, 6.07) is 10.6. The van der Waals surface area contributed by atoms with E-state index in [1.807, 2.05) is 0 Å². The van der Waals surface area contributed by atoms with Gasteiger partial charge in [0.05, 0.1) is 41.3 Å². The van der Waals surface area contributed by atoms with E-state index in [0.29, 0.717) is 18.2 Å². The van der Waals surface area contributed by atoms with Gasteiger partial charge < -0.3 is 14.7 Å². The second-order valence-electron chi connectivity index (χ2n) is 8.46. The Morgan fingerprint density at radius 1 is 0.926 bits per heavy atom. The maximum atomic E-state index is 13.2. The molecule has 4 nitrogen and oxygen atoms in total. The average molecular weight is 378 g/mol. The number of unbranched alkanes of at least 4 members (excludes halogenated alkanes) is 1. The second kappa shape index (κ2) is 13.7. The summed E-state index contributed by atoms with van der Waals surface area (Å²) in [5.41, 5.74) is 1.31. The molecule has 0 heterocycles. The third-order valence-electron chi connectivity index (χ3n) is 5.16. The number of nitrogens with zero attached hydrogens (tertiary/aromatic N) is 1. The summed E-state index contributed by atoms with van der Waals surface area (Å²) < 4.78 is 0. The molecule has 0 saturated heterocycles. The van der Waals surface area contributed by atoms with Crippen molar-refractivity contribution in [3.05, 3.63) is 35.9 Å². The average Bonchev–Trinajstić information content (AvgIpc) is 2.63. The van der Waals surface area contributed by atoms with Crippen LogP contribution in [-0.4, -0.2) is 65.2 Å². The Morgan fingerprint density at radius 3 is 1.96 bits per heavy atom. The Labute approximate surface area is 167 Å². The van der Waals surface area contributed by atoms with Crippen molar-refractivity contribution in [1.29, 1.82) is 0 Å². The van der Waals surface area contributed by atoms with Crippen LogP contribution in [0.5, 0.6) is 0 Å². The van der Waals surface area contributed by atoms with Gasteiger partial charge in [0.2, 0.25) is 5.91 Å². The van der Waals surface area contributed by atoms with Gasteiger partial charge in [0.1, 0.15) is 0 Å². The number of amides is 1. The van der Waals surface area contributed by atoms with Gasteiger partial charge in [-0.05, 0) is 17.9 Å². The summed E-state index contributed by atoms with van der Waals surface area (Å²) in [5.74, 6) is 0.683. The van der Waals surface area contributed by atoms with Crippen molar-refractivity contribution in [3.63, 3.8) is 0 Å².